The Kier molecular flexibility index (Phi) is 9.16. The predicted molar refractivity (Wildman–Crippen MR) is 74.9 cm³/mol. The van der Waals surface area contributed by atoms with Gasteiger partial charge in [-0.15, -0.1) is 0 Å². The van der Waals surface area contributed by atoms with Gasteiger partial charge in [0.15, 0.2) is 0 Å². The van der Waals surface area contributed by atoms with Gasteiger partial charge >= 0.3 is 0 Å². The fraction of sp³-hybridized carbons (Fsp3) is 0.846. The van der Waals surface area contributed by atoms with Crippen LogP contribution in [0.2, 0.25) is 0 Å². The van der Waals surface area contributed by atoms with Gasteiger partial charge in [0.25, 0.3) is 0 Å². The molecule has 0 aliphatic rings. The van der Waals surface area contributed by atoms with Crippen molar-refractivity contribution >= 4 is 11.8 Å². The van der Waals surface area contributed by atoms with Crippen molar-refractivity contribution in [2.24, 2.45) is 0 Å². The van der Waals surface area contributed by atoms with E-state index in [9.17, 15) is 9.59 Å². The van der Waals surface area contributed by atoms with Crippen LogP contribution >= 0.6 is 0 Å². The van der Waals surface area contributed by atoms with Gasteiger partial charge in [-0.05, 0) is 27.8 Å². The third-order valence-electron chi connectivity index (χ3n) is 2.76. The van der Waals surface area contributed by atoms with Gasteiger partial charge in [-0.2, -0.15) is 0 Å². The lowest BCUT2D eigenvalue weighted by Gasteiger charge is -2.23. The average Bonchev–Trinajstić information content (AvgIpc) is 2.29. The molecule has 0 aliphatic carbocycles. The van der Waals surface area contributed by atoms with Crippen LogP contribution in [0.15, 0.2) is 0 Å². The molecule has 0 saturated heterocycles. The number of methoxy groups -OCH3 is 1. The van der Waals surface area contributed by atoms with Crippen LogP contribution < -0.4 is 5.32 Å². The molecule has 112 valence electrons. The van der Waals surface area contributed by atoms with E-state index >= 15 is 0 Å². The van der Waals surface area contributed by atoms with Crippen LogP contribution in [0.1, 0.15) is 20.8 Å². The Morgan fingerprint density at radius 1 is 1.21 bits per heavy atom. The number of likely N-dealkylation sites (N-methyl/N-ethyl adjacent to an activating group) is 2. The van der Waals surface area contributed by atoms with Crippen LogP contribution in [0.5, 0.6) is 0 Å². The first kappa shape index (κ1) is 17.9. The molecule has 0 radical (unpaired) electrons. The van der Waals surface area contributed by atoms with Gasteiger partial charge < -0.3 is 15.0 Å². The zero-order chi connectivity index (χ0) is 14.8. The van der Waals surface area contributed by atoms with E-state index in [-0.39, 0.29) is 30.9 Å². The Balaban J connectivity index is 4.06. The van der Waals surface area contributed by atoms with E-state index in [1.807, 2.05) is 20.8 Å². The second-order valence-corrected chi connectivity index (χ2v) is 4.66. The van der Waals surface area contributed by atoms with Crippen molar-refractivity contribution in [1.29, 1.82) is 0 Å². The van der Waals surface area contributed by atoms with Crippen LogP contribution in [0.4, 0.5) is 0 Å². The largest absolute Gasteiger partial charge is 0.383 e. The molecular weight excluding hydrogens is 246 g/mol. The molecule has 0 aromatic heterocycles. The third-order valence-corrected chi connectivity index (χ3v) is 2.76. The lowest BCUT2D eigenvalue weighted by molar-refractivity contribution is -0.132. The topological polar surface area (TPSA) is 61.9 Å². The summed E-state index contributed by atoms with van der Waals surface area (Å²) in [6, 6.07) is -0.0237. The Bertz CT molecular complexity index is 280. The Labute approximate surface area is 116 Å². The Hall–Kier alpha value is -1.14. The molecule has 2 amide bonds. The number of nitrogens with zero attached hydrogens (tertiary/aromatic N) is 2. The second kappa shape index (κ2) is 9.75. The maximum atomic E-state index is 11.9. The van der Waals surface area contributed by atoms with E-state index in [0.29, 0.717) is 19.7 Å². The molecule has 19 heavy (non-hydrogen) atoms. The molecule has 0 aromatic rings. The van der Waals surface area contributed by atoms with Crippen molar-refractivity contribution in [2.45, 2.75) is 26.8 Å². The standard InChI is InChI=1S/C13H27N3O3/c1-6-16(7-2)13(18)9-15(4)8-12(17)14-11(3)10-19-5/h11H,6-10H2,1-5H3,(H,14,17). The molecule has 0 rings (SSSR count). The summed E-state index contributed by atoms with van der Waals surface area (Å²) in [6.07, 6.45) is 0. The normalized spacial score (nSPS) is 12.3. The summed E-state index contributed by atoms with van der Waals surface area (Å²) in [5.74, 6) is -0.0513. The highest BCUT2D eigenvalue weighted by Crippen LogP contribution is 1.92. The highest BCUT2D eigenvalue weighted by atomic mass is 16.5. The van der Waals surface area contributed by atoms with Crippen molar-refractivity contribution in [2.75, 3.05) is 46.9 Å². The first-order chi connectivity index (χ1) is 8.94. The van der Waals surface area contributed by atoms with Gasteiger partial charge in [0, 0.05) is 26.2 Å². The van der Waals surface area contributed by atoms with Gasteiger partial charge in [-0.3, -0.25) is 14.5 Å². The van der Waals surface area contributed by atoms with E-state index in [0.717, 1.165) is 0 Å². The van der Waals surface area contributed by atoms with E-state index in [4.69, 9.17) is 4.74 Å². The van der Waals surface area contributed by atoms with E-state index < -0.39 is 0 Å². The SMILES string of the molecule is CCN(CC)C(=O)CN(C)CC(=O)NC(C)COC. The maximum Gasteiger partial charge on any atom is 0.236 e. The molecular formula is C13H27N3O3. The van der Waals surface area contributed by atoms with Crippen molar-refractivity contribution in [3.05, 3.63) is 0 Å². The first-order valence-electron chi connectivity index (χ1n) is 6.69. The molecule has 0 heterocycles. The summed E-state index contributed by atoms with van der Waals surface area (Å²) in [6.45, 7) is 8.10. The Morgan fingerprint density at radius 2 is 1.79 bits per heavy atom. The van der Waals surface area contributed by atoms with Crippen molar-refractivity contribution < 1.29 is 14.3 Å². The molecule has 0 saturated carbocycles. The van der Waals surface area contributed by atoms with Crippen LogP contribution in [0.3, 0.4) is 0 Å². The number of carbonyl (C=O) groups excluding carboxylic acids is 2. The number of nitrogens with one attached hydrogen (secondary N) is 1. The molecule has 0 aromatic carbocycles. The molecule has 0 aliphatic heterocycles. The van der Waals surface area contributed by atoms with E-state index in [1.54, 1.807) is 24.0 Å². The number of ether oxygens (including phenoxy) is 1. The summed E-state index contributed by atoms with van der Waals surface area (Å²) in [4.78, 5) is 27.0. The fourth-order valence-corrected chi connectivity index (χ4v) is 1.82. The van der Waals surface area contributed by atoms with Crippen LogP contribution in [0, 0.1) is 0 Å². The predicted octanol–water partition coefficient (Wildman–Crippen LogP) is -0.0623. The van der Waals surface area contributed by atoms with Crippen LogP contribution in [0.25, 0.3) is 0 Å². The zero-order valence-corrected chi connectivity index (χ0v) is 12.7. The van der Waals surface area contributed by atoms with Gasteiger partial charge in [0.2, 0.25) is 11.8 Å². The fourth-order valence-electron chi connectivity index (χ4n) is 1.82. The van der Waals surface area contributed by atoms with Crippen molar-refractivity contribution in [3.8, 4) is 0 Å². The van der Waals surface area contributed by atoms with Crippen molar-refractivity contribution in [3.63, 3.8) is 0 Å². The minimum absolute atomic E-state index is 0.0237. The molecule has 6 heteroatoms. The molecule has 1 atom stereocenters. The first-order valence-corrected chi connectivity index (χ1v) is 6.69. The number of amides is 2. The highest BCUT2D eigenvalue weighted by Gasteiger charge is 2.15. The van der Waals surface area contributed by atoms with Gasteiger partial charge in [0.1, 0.15) is 0 Å². The minimum atomic E-state index is -0.0978. The molecule has 1 unspecified atom stereocenters. The average molecular weight is 273 g/mol. The summed E-state index contributed by atoms with van der Waals surface area (Å²) in [5.41, 5.74) is 0. The lowest BCUT2D eigenvalue weighted by atomic mass is 10.3. The molecule has 0 fully saturated rings. The Morgan fingerprint density at radius 3 is 2.26 bits per heavy atom. The summed E-state index contributed by atoms with van der Waals surface area (Å²) in [7, 11) is 3.36. The summed E-state index contributed by atoms with van der Waals surface area (Å²) in [5, 5.41) is 2.81. The third kappa shape index (κ3) is 7.79. The molecule has 6 nitrogen and oxygen atoms in total. The smallest absolute Gasteiger partial charge is 0.236 e. The quantitative estimate of drug-likeness (QED) is 0.639. The minimum Gasteiger partial charge on any atom is -0.383 e. The van der Waals surface area contributed by atoms with Gasteiger partial charge in [-0.25, -0.2) is 0 Å². The highest BCUT2D eigenvalue weighted by molar-refractivity contribution is 5.81. The van der Waals surface area contributed by atoms with Crippen LogP contribution in [-0.4, -0.2) is 74.6 Å². The van der Waals surface area contributed by atoms with Gasteiger partial charge in [-0.1, -0.05) is 0 Å². The van der Waals surface area contributed by atoms with E-state index in [2.05, 4.69) is 5.32 Å². The van der Waals surface area contributed by atoms with Gasteiger partial charge in [0.05, 0.1) is 19.7 Å². The van der Waals surface area contributed by atoms with Crippen LogP contribution in [-0.2, 0) is 14.3 Å². The monoisotopic (exact) mass is 273 g/mol. The number of hydrogen-bond acceptors (Lipinski definition) is 4. The zero-order valence-electron chi connectivity index (χ0n) is 12.7. The molecule has 0 bridgehead atoms. The van der Waals surface area contributed by atoms with E-state index in [1.165, 1.54) is 0 Å². The number of rotatable bonds is 9. The molecule has 0 spiro atoms. The number of hydrogen-bond donors (Lipinski definition) is 1. The lowest BCUT2D eigenvalue weighted by Crippen LogP contribution is -2.45. The van der Waals surface area contributed by atoms with Crippen molar-refractivity contribution in [1.82, 2.24) is 15.1 Å². The number of carbonyl (C=O) groups is 2. The molecule has 1 N–H and O–H groups in total. The summed E-state index contributed by atoms with van der Waals surface area (Å²) < 4.78 is 4.95. The second-order valence-electron chi connectivity index (χ2n) is 4.66. The maximum absolute atomic E-state index is 11.9. The summed E-state index contributed by atoms with van der Waals surface area (Å²) >= 11 is 0.